The van der Waals surface area contributed by atoms with Crippen molar-refractivity contribution in [3.63, 3.8) is 0 Å². The molecule has 1 nitrogen and oxygen atoms in total. The quantitative estimate of drug-likeness (QED) is 0.409. The first-order valence-electron chi connectivity index (χ1n) is 3.39. The van der Waals surface area contributed by atoms with Gasteiger partial charge in [0, 0.05) is 17.1 Å². The summed E-state index contributed by atoms with van der Waals surface area (Å²) in [6.07, 6.45) is 10.3. The normalized spacial score (nSPS) is 28.0. The van der Waals surface area contributed by atoms with Gasteiger partial charge in [0.25, 0.3) is 0 Å². The van der Waals surface area contributed by atoms with E-state index in [0.29, 0.717) is 0 Å². The van der Waals surface area contributed by atoms with Crippen molar-refractivity contribution in [1.29, 1.82) is 0 Å². The van der Waals surface area contributed by atoms with Crippen LogP contribution in [-0.2, 0) is 0 Å². The second-order valence-electron chi connectivity index (χ2n) is 2.50. The van der Waals surface area contributed by atoms with Gasteiger partial charge in [0.15, 0.2) is 0 Å². The van der Waals surface area contributed by atoms with Crippen molar-refractivity contribution in [2.45, 2.75) is 24.8 Å². The minimum atomic E-state index is 0.202. The molecule has 0 fully saturated rings. The van der Waals surface area contributed by atoms with Crippen molar-refractivity contribution in [3.05, 3.63) is 0 Å². The molecule has 54 valence electrons. The van der Waals surface area contributed by atoms with E-state index in [0.717, 1.165) is 19.3 Å². The molecule has 2 heteroatoms. The van der Waals surface area contributed by atoms with E-state index in [1.807, 2.05) is 6.21 Å². The summed E-state index contributed by atoms with van der Waals surface area (Å²) < 4.78 is 1.17. The van der Waals surface area contributed by atoms with Gasteiger partial charge < -0.3 is 0 Å². The first kappa shape index (κ1) is 8.06. The van der Waals surface area contributed by atoms with Crippen LogP contribution in [0, 0.1) is 12.3 Å². The second kappa shape index (κ2) is 3.38. The highest BCUT2D eigenvalue weighted by molar-refractivity contribution is 14.1. The van der Waals surface area contributed by atoms with Gasteiger partial charge in [0.05, 0.1) is 5.54 Å². The summed E-state index contributed by atoms with van der Waals surface area (Å²) in [5, 5.41) is 0. The van der Waals surface area contributed by atoms with Crippen LogP contribution in [0.15, 0.2) is 4.99 Å². The van der Waals surface area contributed by atoms with E-state index < -0.39 is 0 Å². The Labute approximate surface area is 75.4 Å². The summed E-state index contributed by atoms with van der Waals surface area (Å²) in [5.74, 6) is 2.64. The van der Waals surface area contributed by atoms with E-state index in [1.165, 1.54) is 4.43 Å². The molecule has 0 aliphatic carbocycles. The fourth-order valence-electron chi connectivity index (χ4n) is 0.927. The molecule has 0 saturated heterocycles. The maximum atomic E-state index is 5.15. The number of hydrogen-bond acceptors (Lipinski definition) is 1. The predicted molar refractivity (Wildman–Crippen MR) is 52.8 cm³/mol. The van der Waals surface area contributed by atoms with Crippen molar-refractivity contribution in [1.82, 2.24) is 0 Å². The van der Waals surface area contributed by atoms with Crippen LogP contribution < -0.4 is 0 Å². The molecule has 1 heterocycles. The van der Waals surface area contributed by atoms with Gasteiger partial charge in [-0.15, -0.1) is 12.3 Å². The Kier molecular flexibility index (Phi) is 2.72. The minimum absolute atomic E-state index is 0.202. The number of hydrogen-bond donors (Lipinski definition) is 0. The molecule has 0 bridgehead atoms. The summed E-state index contributed by atoms with van der Waals surface area (Å²) in [7, 11) is 0. The van der Waals surface area contributed by atoms with Crippen LogP contribution in [0.2, 0.25) is 0 Å². The Hall–Kier alpha value is -0.0400. The molecular formula is C8H10IN. The van der Waals surface area contributed by atoms with Crippen molar-refractivity contribution in [3.8, 4) is 12.3 Å². The molecule has 1 aliphatic heterocycles. The standard InChI is InChI=1S/C8H10IN/c1-2-3-4-8(5-6-9)7-10-8/h1,7H,3-6H2. The number of rotatable bonds is 4. The van der Waals surface area contributed by atoms with Gasteiger partial charge >= 0.3 is 0 Å². The van der Waals surface area contributed by atoms with E-state index in [9.17, 15) is 0 Å². The molecule has 0 saturated carbocycles. The van der Waals surface area contributed by atoms with Gasteiger partial charge in [-0.3, -0.25) is 4.99 Å². The first-order chi connectivity index (χ1) is 4.83. The van der Waals surface area contributed by atoms with E-state index in [2.05, 4.69) is 33.5 Å². The fraction of sp³-hybridized carbons (Fsp3) is 0.625. The summed E-state index contributed by atoms with van der Waals surface area (Å²) in [5.41, 5.74) is 0.202. The number of aliphatic imine (C=N–C) groups is 1. The Bertz CT molecular complexity index is 172. The molecule has 0 amide bonds. The van der Waals surface area contributed by atoms with Crippen molar-refractivity contribution < 1.29 is 0 Å². The molecule has 0 N–H and O–H groups in total. The van der Waals surface area contributed by atoms with Crippen LogP contribution in [0.1, 0.15) is 19.3 Å². The zero-order valence-electron chi connectivity index (χ0n) is 5.81. The van der Waals surface area contributed by atoms with E-state index in [1.54, 1.807) is 0 Å². The van der Waals surface area contributed by atoms with Crippen molar-refractivity contribution in [2.24, 2.45) is 4.99 Å². The molecule has 0 aromatic rings. The molecule has 0 spiro atoms. The van der Waals surface area contributed by atoms with Crippen molar-refractivity contribution >= 4 is 28.8 Å². The zero-order chi connectivity index (χ0) is 7.45. The maximum Gasteiger partial charge on any atom is 0.0966 e. The topological polar surface area (TPSA) is 12.4 Å². The van der Waals surface area contributed by atoms with Crippen LogP contribution >= 0.6 is 22.6 Å². The number of terminal acetylenes is 1. The van der Waals surface area contributed by atoms with Gasteiger partial charge in [0.1, 0.15) is 0 Å². The highest BCUT2D eigenvalue weighted by Gasteiger charge is 2.34. The van der Waals surface area contributed by atoms with Crippen LogP contribution in [0.5, 0.6) is 0 Å². The number of nitrogens with zero attached hydrogens (tertiary/aromatic N) is 1. The average molecular weight is 247 g/mol. The summed E-state index contributed by atoms with van der Waals surface area (Å²) in [6.45, 7) is 0. The number of halogens is 1. The second-order valence-corrected chi connectivity index (χ2v) is 3.58. The van der Waals surface area contributed by atoms with Gasteiger partial charge in [-0.2, -0.15) is 0 Å². The molecular weight excluding hydrogens is 237 g/mol. The van der Waals surface area contributed by atoms with Crippen LogP contribution in [0.4, 0.5) is 0 Å². The SMILES string of the molecule is C#CCCC1(CCI)C=N1. The third-order valence-electron chi connectivity index (χ3n) is 1.72. The molecule has 0 aromatic heterocycles. The third kappa shape index (κ3) is 1.98. The lowest BCUT2D eigenvalue weighted by Gasteiger charge is -2.07. The lowest BCUT2D eigenvalue weighted by molar-refractivity contribution is 0.603. The molecule has 10 heavy (non-hydrogen) atoms. The van der Waals surface area contributed by atoms with E-state index >= 15 is 0 Å². The zero-order valence-corrected chi connectivity index (χ0v) is 7.97. The lowest BCUT2D eigenvalue weighted by atomic mass is 10.00. The molecule has 0 aromatic carbocycles. The molecule has 1 atom stereocenters. The average Bonchev–Trinajstić information content (AvgIpc) is 2.67. The van der Waals surface area contributed by atoms with Gasteiger partial charge in [0.2, 0.25) is 0 Å². The third-order valence-corrected chi connectivity index (χ3v) is 2.26. The first-order valence-corrected chi connectivity index (χ1v) is 4.91. The van der Waals surface area contributed by atoms with Crippen molar-refractivity contribution in [2.75, 3.05) is 4.43 Å². The fourth-order valence-corrected chi connectivity index (χ4v) is 1.86. The Morgan fingerprint density at radius 2 is 2.30 bits per heavy atom. The summed E-state index contributed by atoms with van der Waals surface area (Å²) in [4.78, 5) is 4.24. The Morgan fingerprint density at radius 3 is 2.70 bits per heavy atom. The van der Waals surface area contributed by atoms with Gasteiger partial charge in [-0.05, 0) is 12.8 Å². The van der Waals surface area contributed by atoms with Crippen LogP contribution in [-0.4, -0.2) is 16.2 Å². The smallest absolute Gasteiger partial charge is 0.0966 e. The van der Waals surface area contributed by atoms with Crippen LogP contribution in [0.3, 0.4) is 0 Å². The molecule has 0 radical (unpaired) electrons. The Morgan fingerprint density at radius 1 is 1.60 bits per heavy atom. The highest BCUT2D eigenvalue weighted by atomic mass is 127. The van der Waals surface area contributed by atoms with E-state index in [4.69, 9.17) is 6.42 Å². The maximum absolute atomic E-state index is 5.15. The lowest BCUT2D eigenvalue weighted by Crippen LogP contribution is -2.13. The Balaban J connectivity index is 2.19. The largest absolute Gasteiger partial charge is 0.283 e. The predicted octanol–water partition coefficient (Wildman–Crippen LogP) is 2.05. The number of alkyl halides is 1. The molecule has 1 unspecified atom stereocenters. The minimum Gasteiger partial charge on any atom is -0.283 e. The van der Waals surface area contributed by atoms with Gasteiger partial charge in [-0.1, -0.05) is 22.6 Å². The monoisotopic (exact) mass is 247 g/mol. The molecule has 1 rings (SSSR count). The summed E-state index contributed by atoms with van der Waals surface area (Å²) in [6, 6.07) is 0. The van der Waals surface area contributed by atoms with Crippen LogP contribution in [0.25, 0.3) is 0 Å². The van der Waals surface area contributed by atoms with Gasteiger partial charge in [-0.25, -0.2) is 0 Å². The molecule has 1 aliphatic rings. The van der Waals surface area contributed by atoms with E-state index in [-0.39, 0.29) is 5.54 Å². The highest BCUT2D eigenvalue weighted by Crippen LogP contribution is 2.30. The summed E-state index contributed by atoms with van der Waals surface area (Å²) >= 11 is 2.37.